The van der Waals surface area contributed by atoms with Crippen LogP contribution in [0.3, 0.4) is 0 Å². The van der Waals surface area contributed by atoms with E-state index in [0.717, 1.165) is 5.56 Å². The summed E-state index contributed by atoms with van der Waals surface area (Å²) in [7, 11) is 0. The molecule has 1 aromatic rings. The largest absolute Gasteiger partial charge is 0.508 e. The van der Waals surface area contributed by atoms with Crippen molar-refractivity contribution in [2.24, 2.45) is 0 Å². The zero-order chi connectivity index (χ0) is 12.1. The quantitative estimate of drug-likeness (QED) is 0.680. The molecule has 0 amide bonds. The second-order valence-corrected chi connectivity index (χ2v) is 3.94. The van der Waals surface area contributed by atoms with Crippen LogP contribution in [0.15, 0.2) is 18.2 Å². The Morgan fingerprint density at radius 1 is 1.38 bits per heavy atom. The van der Waals surface area contributed by atoms with Gasteiger partial charge in [-0.05, 0) is 19.9 Å². The Labute approximate surface area is 96.1 Å². The number of benzene rings is 1. The second-order valence-electron chi connectivity index (χ2n) is 3.94. The molecule has 0 aromatic heterocycles. The Hall–Kier alpha value is -1.66. The molecule has 0 aliphatic heterocycles. The summed E-state index contributed by atoms with van der Waals surface area (Å²) < 4.78 is 0. The summed E-state index contributed by atoms with van der Waals surface area (Å²) in [6, 6.07) is 4.76. The highest BCUT2D eigenvalue weighted by Gasteiger charge is 2.12. The maximum absolute atomic E-state index is 9.66. The van der Waals surface area contributed by atoms with Crippen LogP contribution in [0, 0.1) is 12.3 Å². The number of phenolic OH excluding ortho intramolecular Hbond substituents is 2. The molecule has 0 aliphatic carbocycles. The lowest BCUT2D eigenvalue weighted by Gasteiger charge is -2.19. The summed E-state index contributed by atoms with van der Waals surface area (Å²) in [5.74, 6) is 2.73. The minimum absolute atomic E-state index is 0.0102. The van der Waals surface area contributed by atoms with Gasteiger partial charge in [-0.2, -0.15) is 0 Å². The molecular weight excluding hydrogens is 202 g/mol. The molecule has 0 saturated heterocycles. The van der Waals surface area contributed by atoms with Crippen molar-refractivity contribution in [2.45, 2.75) is 32.4 Å². The Kier molecular flexibility index (Phi) is 4.21. The molecule has 3 heteroatoms. The van der Waals surface area contributed by atoms with Crippen molar-refractivity contribution in [3.63, 3.8) is 0 Å². The first-order valence-corrected chi connectivity index (χ1v) is 5.26. The van der Waals surface area contributed by atoms with Crippen molar-refractivity contribution in [3.8, 4) is 23.8 Å². The fourth-order valence-corrected chi connectivity index (χ4v) is 1.65. The van der Waals surface area contributed by atoms with Gasteiger partial charge in [0.05, 0.1) is 0 Å². The number of hydrogen-bond donors (Lipinski definition) is 3. The first-order valence-electron chi connectivity index (χ1n) is 5.26. The second kappa shape index (κ2) is 5.43. The predicted molar refractivity (Wildman–Crippen MR) is 64.2 cm³/mol. The van der Waals surface area contributed by atoms with Gasteiger partial charge in [0, 0.05) is 30.1 Å². The predicted octanol–water partition coefficient (Wildman–Crippen LogP) is 2.16. The van der Waals surface area contributed by atoms with Crippen LogP contribution in [0.4, 0.5) is 0 Å². The van der Waals surface area contributed by atoms with Gasteiger partial charge < -0.3 is 15.5 Å². The van der Waals surface area contributed by atoms with Gasteiger partial charge in [0.15, 0.2) is 0 Å². The van der Waals surface area contributed by atoms with Gasteiger partial charge in [0.2, 0.25) is 0 Å². The lowest BCUT2D eigenvalue weighted by molar-refractivity contribution is 0.426. The smallest absolute Gasteiger partial charge is 0.124 e. The molecule has 3 N–H and O–H groups in total. The van der Waals surface area contributed by atoms with Gasteiger partial charge in [-0.3, -0.25) is 0 Å². The van der Waals surface area contributed by atoms with Crippen LogP contribution in [0.2, 0.25) is 0 Å². The number of aromatic hydroxyl groups is 2. The van der Waals surface area contributed by atoms with E-state index in [9.17, 15) is 10.2 Å². The molecule has 0 heterocycles. The van der Waals surface area contributed by atoms with E-state index in [0.29, 0.717) is 6.42 Å². The summed E-state index contributed by atoms with van der Waals surface area (Å²) in [6.07, 6.45) is 5.86. The Morgan fingerprint density at radius 2 is 2.06 bits per heavy atom. The van der Waals surface area contributed by atoms with Crippen molar-refractivity contribution in [2.75, 3.05) is 0 Å². The van der Waals surface area contributed by atoms with E-state index in [2.05, 4.69) is 11.2 Å². The van der Waals surface area contributed by atoms with Gasteiger partial charge in [-0.15, -0.1) is 12.3 Å². The first-order chi connectivity index (χ1) is 7.54. The van der Waals surface area contributed by atoms with Gasteiger partial charge in [0.1, 0.15) is 11.5 Å². The highest BCUT2D eigenvalue weighted by atomic mass is 16.3. The number of nitrogens with one attached hydrogen (secondary N) is 1. The molecular formula is C13H17NO2. The lowest BCUT2D eigenvalue weighted by Crippen LogP contribution is -2.28. The first kappa shape index (κ1) is 12.4. The highest BCUT2D eigenvalue weighted by Crippen LogP contribution is 2.27. The molecule has 0 fully saturated rings. The molecule has 86 valence electrons. The van der Waals surface area contributed by atoms with E-state index in [-0.39, 0.29) is 23.6 Å². The van der Waals surface area contributed by atoms with Gasteiger partial charge in [-0.1, -0.05) is 6.07 Å². The average Bonchev–Trinajstić information content (AvgIpc) is 2.17. The van der Waals surface area contributed by atoms with E-state index < -0.39 is 0 Å². The van der Waals surface area contributed by atoms with Crippen molar-refractivity contribution >= 4 is 0 Å². The fraction of sp³-hybridized carbons (Fsp3) is 0.385. The maximum Gasteiger partial charge on any atom is 0.124 e. The molecule has 16 heavy (non-hydrogen) atoms. The van der Waals surface area contributed by atoms with E-state index in [1.165, 1.54) is 6.07 Å². The van der Waals surface area contributed by atoms with Crippen LogP contribution in [0.25, 0.3) is 0 Å². The molecule has 2 unspecified atom stereocenters. The van der Waals surface area contributed by atoms with Crippen LogP contribution in [0.1, 0.15) is 31.9 Å². The third-order valence-electron chi connectivity index (χ3n) is 2.44. The van der Waals surface area contributed by atoms with Gasteiger partial charge in [-0.25, -0.2) is 0 Å². The molecule has 0 spiro atoms. The number of hydrogen-bond acceptors (Lipinski definition) is 3. The van der Waals surface area contributed by atoms with E-state index in [1.807, 2.05) is 13.8 Å². The molecule has 1 rings (SSSR count). The lowest BCUT2D eigenvalue weighted by atomic mass is 10.1. The summed E-state index contributed by atoms with van der Waals surface area (Å²) in [5, 5.41) is 22.1. The molecule has 2 atom stereocenters. The zero-order valence-electron chi connectivity index (χ0n) is 9.57. The molecule has 1 aromatic carbocycles. The number of phenols is 2. The monoisotopic (exact) mass is 219 g/mol. The summed E-state index contributed by atoms with van der Waals surface area (Å²) in [6.45, 7) is 3.94. The molecule has 0 aliphatic rings. The highest BCUT2D eigenvalue weighted by molar-refractivity contribution is 5.40. The van der Waals surface area contributed by atoms with Crippen LogP contribution in [-0.2, 0) is 0 Å². The van der Waals surface area contributed by atoms with Crippen molar-refractivity contribution < 1.29 is 10.2 Å². The van der Waals surface area contributed by atoms with E-state index >= 15 is 0 Å². The van der Waals surface area contributed by atoms with Crippen LogP contribution >= 0.6 is 0 Å². The van der Waals surface area contributed by atoms with Gasteiger partial charge >= 0.3 is 0 Å². The number of rotatable bonds is 4. The van der Waals surface area contributed by atoms with Gasteiger partial charge in [0.25, 0.3) is 0 Å². The summed E-state index contributed by atoms with van der Waals surface area (Å²) in [4.78, 5) is 0. The fourth-order valence-electron chi connectivity index (χ4n) is 1.65. The number of terminal acetylenes is 1. The molecule has 0 radical (unpaired) electrons. The van der Waals surface area contributed by atoms with Crippen molar-refractivity contribution in [3.05, 3.63) is 23.8 Å². The van der Waals surface area contributed by atoms with Crippen molar-refractivity contribution in [1.29, 1.82) is 0 Å². The SMILES string of the molecule is C#CCC(C)NC(C)c1ccc(O)cc1O. The maximum atomic E-state index is 9.66. The van der Waals surface area contributed by atoms with Crippen LogP contribution < -0.4 is 5.32 Å². The minimum Gasteiger partial charge on any atom is -0.508 e. The molecule has 0 bridgehead atoms. The molecule has 0 saturated carbocycles. The summed E-state index contributed by atoms with van der Waals surface area (Å²) in [5.41, 5.74) is 0.752. The third-order valence-corrected chi connectivity index (χ3v) is 2.44. The summed E-state index contributed by atoms with van der Waals surface area (Å²) >= 11 is 0. The van der Waals surface area contributed by atoms with E-state index in [1.54, 1.807) is 12.1 Å². The zero-order valence-corrected chi connectivity index (χ0v) is 9.57. The van der Waals surface area contributed by atoms with Crippen LogP contribution in [-0.4, -0.2) is 16.3 Å². The van der Waals surface area contributed by atoms with E-state index in [4.69, 9.17) is 6.42 Å². The topological polar surface area (TPSA) is 52.5 Å². The van der Waals surface area contributed by atoms with Crippen molar-refractivity contribution in [1.82, 2.24) is 5.32 Å². The standard InChI is InChI=1S/C13H17NO2/c1-4-5-9(2)14-10(3)12-7-6-11(15)8-13(12)16/h1,6-10,14-16H,5H2,2-3H3. The Balaban J connectivity index is 2.73. The Morgan fingerprint density at radius 3 is 2.62 bits per heavy atom. The van der Waals surface area contributed by atoms with Crippen LogP contribution in [0.5, 0.6) is 11.5 Å². The Bertz CT molecular complexity index is 395. The third kappa shape index (κ3) is 3.18. The average molecular weight is 219 g/mol. The molecule has 3 nitrogen and oxygen atoms in total. The minimum atomic E-state index is -0.0102. The normalized spacial score (nSPS) is 14.1.